The maximum Gasteiger partial charge on any atom is 0.338 e. The van der Waals surface area contributed by atoms with Gasteiger partial charge in [-0.1, -0.05) is 18.2 Å². The van der Waals surface area contributed by atoms with Crippen LogP contribution in [0.25, 0.3) is 0 Å². The summed E-state index contributed by atoms with van der Waals surface area (Å²) < 4.78 is 5.35. The van der Waals surface area contributed by atoms with Crippen LogP contribution in [0.5, 0.6) is 0 Å². The second-order valence-electron chi connectivity index (χ2n) is 5.04. The van der Waals surface area contributed by atoms with E-state index in [4.69, 9.17) is 4.74 Å². The van der Waals surface area contributed by atoms with Crippen molar-refractivity contribution < 1.29 is 9.53 Å². The Morgan fingerprint density at radius 1 is 0.905 bits per heavy atom. The number of carbonyl (C=O) groups excluding carboxylic acids is 1. The lowest BCUT2D eigenvalue weighted by atomic mass is 9.96. The summed E-state index contributed by atoms with van der Waals surface area (Å²) >= 11 is 0. The SMILES string of the molecule is O=C(OC1CCC1)c1ccc(N=Nc2ccccc2)cc1. The Hall–Kier alpha value is -2.49. The average molecular weight is 280 g/mol. The number of esters is 1. The highest BCUT2D eigenvalue weighted by atomic mass is 16.5. The number of nitrogens with zero attached hydrogens (tertiary/aromatic N) is 2. The number of carbonyl (C=O) groups is 1. The normalized spacial score (nSPS) is 14.9. The Bertz CT molecular complexity index is 632. The van der Waals surface area contributed by atoms with Crippen molar-refractivity contribution in [1.29, 1.82) is 0 Å². The molecule has 0 radical (unpaired) electrons. The van der Waals surface area contributed by atoms with Crippen LogP contribution in [0.15, 0.2) is 64.8 Å². The van der Waals surface area contributed by atoms with Crippen LogP contribution < -0.4 is 0 Å². The fraction of sp³-hybridized carbons (Fsp3) is 0.235. The van der Waals surface area contributed by atoms with Crippen LogP contribution >= 0.6 is 0 Å². The molecule has 0 atom stereocenters. The molecule has 0 unspecified atom stereocenters. The van der Waals surface area contributed by atoms with Crippen LogP contribution in [0.4, 0.5) is 11.4 Å². The van der Waals surface area contributed by atoms with E-state index in [0.717, 1.165) is 24.9 Å². The minimum absolute atomic E-state index is 0.106. The van der Waals surface area contributed by atoms with E-state index >= 15 is 0 Å². The summed E-state index contributed by atoms with van der Waals surface area (Å²) in [4.78, 5) is 11.9. The predicted octanol–water partition coefficient (Wildman–Crippen LogP) is 4.81. The van der Waals surface area contributed by atoms with Crippen molar-refractivity contribution in [3.63, 3.8) is 0 Å². The van der Waals surface area contributed by atoms with Gasteiger partial charge in [-0.15, -0.1) is 0 Å². The first-order valence-corrected chi connectivity index (χ1v) is 7.09. The maximum absolute atomic E-state index is 11.9. The first kappa shape index (κ1) is 13.5. The maximum atomic E-state index is 11.9. The zero-order valence-electron chi connectivity index (χ0n) is 11.6. The molecule has 0 aliphatic heterocycles. The fourth-order valence-corrected chi connectivity index (χ4v) is 1.98. The van der Waals surface area contributed by atoms with E-state index in [2.05, 4.69) is 10.2 Å². The summed E-state index contributed by atoms with van der Waals surface area (Å²) in [6, 6.07) is 16.5. The van der Waals surface area contributed by atoms with Gasteiger partial charge in [0.25, 0.3) is 0 Å². The third-order valence-corrected chi connectivity index (χ3v) is 3.47. The van der Waals surface area contributed by atoms with E-state index in [0.29, 0.717) is 11.3 Å². The molecule has 4 nitrogen and oxygen atoms in total. The van der Waals surface area contributed by atoms with Crippen LogP contribution in [0.1, 0.15) is 29.6 Å². The van der Waals surface area contributed by atoms with Crippen LogP contribution in [0.3, 0.4) is 0 Å². The average Bonchev–Trinajstić information content (AvgIpc) is 2.50. The molecule has 3 rings (SSSR count). The van der Waals surface area contributed by atoms with Crippen molar-refractivity contribution in [3.8, 4) is 0 Å². The molecule has 1 aliphatic rings. The molecule has 0 aromatic heterocycles. The van der Waals surface area contributed by atoms with E-state index < -0.39 is 0 Å². The predicted molar refractivity (Wildman–Crippen MR) is 80.1 cm³/mol. The molecule has 2 aromatic carbocycles. The van der Waals surface area contributed by atoms with Gasteiger partial charge in [0.2, 0.25) is 0 Å². The van der Waals surface area contributed by atoms with Crippen LogP contribution in [0.2, 0.25) is 0 Å². The Morgan fingerprint density at radius 3 is 2.10 bits per heavy atom. The van der Waals surface area contributed by atoms with Gasteiger partial charge in [0.1, 0.15) is 6.10 Å². The summed E-state index contributed by atoms with van der Waals surface area (Å²) in [5, 5.41) is 8.27. The van der Waals surface area contributed by atoms with E-state index in [-0.39, 0.29) is 12.1 Å². The Balaban J connectivity index is 1.63. The third-order valence-electron chi connectivity index (χ3n) is 3.47. The molecule has 0 spiro atoms. The number of hydrogen-bond acceptors (Lipinski definition) is 4. The van der Waals surface area contributed by atoms with Crippen molar-refractivity contribution in [2.45, 2.75) is 25.4 Å². The molecule has 0 bridgehead atoms. The number of benzene rings is 2. The van der Waals surface area contributed by atoms with E-state index in [1.165, 1.54) is 0 Å². The number of hydrogen-bond donors (Lipinski definition) is 0. The van der Waals surface area contributed by atoms with Gasteiger partial charge in [0, 0.05) is 0 Å². The zero-order chi connectivity index (χ0) is 14.5. The Labute approximate surface area is 123 Å². The molecule has 21 heavy (non-hydrogen) atoms. The van der Waals surface area contributed by atoms with Gasteiger partial charge in [-0.3, -0.25) is 0 Å². The summed E-state index contributed by atoms with van der Waals surface area (Å²) in [6.45, 7) is 0. The van der Waals surface area contributed by atoms with Crippen molar-refractivity contribution in [3.05, 3.63) is 60.2 Å². The fourth-order valence-electron chi connectivity index (χ4n) is 1.98. The van der Waals surface area contributed by atoms with E-state index in [9.17, 15) is 4.79 Å². The second-order valence-corrected chi connectivity index (χ2v) is 5.04. The van der Waals surface area contributed by atoms with E-state index in [1.54, 1.807) is 24.3 Å². The van der Waals surface area contributed by atoms with Crippen LogP contribution in [-0.4, -0.2) is 12.1 Å². The summed E-state index contributed by atoms with van der Waals surface area (Å²) in [7, 11) is 0. The summed E-state index contributed by atoms with van der Waals surface area (Å²) in [5.41, 5.74) is 2.06. The van der Waals surface area contributed by atoms with Gasteiger partial charge in [0.05, 0.1) is 16.9 Å². The topological polar surface area (TPSA) is 51.0 Å². The molecular weight excluding hydrogens is 264 g/mol. The third kappa shape index (κ3) is 3.54. The molecule has 0 N–H and O–H groups in total. The second kappa shape index (κ2) is 6.31. The summed E-state index contributed by atoms with van der Waals surface area (Å²) in [6.07, 6.45) is 3.22. The van der Waals surface area contributed by atoms with Gasteiger partial charge in [-0.05, 0) is 55.7 Å². The van der Waals surface area contributed by atoms with Crippen molar-refractivity contribution >= 4 is 17.3 Å². The van der Waals surface area contributed by atoms with Gasteiger partial charge in [-0.2, -0.15) is 10.2 Å². The Kier molecular flexibility index (Phi) is 4.05. The Morgan fingerprint density at radius 2 is 1.52 bits per heavy atom. The zero-order valence-corrected chi connectivity index (χ0v) is 11.6. The van der Waals surface area contributed by atoms with E-state index in [1.807, 2.05) is 30.3 Å². The number of azo groups is 1. The molecule has 0 amide bonds. The minimum Gasteiger partial charge on any atom is -0.459 e. The number of rotatable bonds is 4. The molecule has 1 aliphatic carbocycles. The van der Waals surface area contributed by atoms with Gasteiger partial charge in [-0.25, -0.2) is 4.79 Å². The lowest BCUT2D eigenvalue weighted by molar-refractivity contribution is 0.00901. The first-order valence-electron chi connectivity index (χ1n) is 7.09. The highest BCUT2D eigenvalue weighted by Crippen LogP contribution is 2.24. The first-order chi connectivity index (χ1) is 10.3. The van der Waals surface area contributed by atoms with Crippen molar-refractivity contribution in [2.75, 3.05) is 0 Å². The van der Waals surface area contributed by atoms with Crippen LogP contribution in [-0.2, 0) is 4.74 Å². The van der Waals surface area contributed by atoms with Gasteiger partial charge in [0.15, 0.2) is 0 Å². The monoisotopic (exact) mass is 280 g/mol. The van der Waals surface area contributed by atoms with Gasteiger partial charge >= 0.3 is 5.97 Å². The summed E-state index contributed by atoms with van der Waals surface area (Å²) in [5.74, 6) is -0.258. The molecule has 2 aromatic rings. The smallest absolute Gasteiger partial charge is 0.338 e. The molecule has 0 saturated heterocycles. The van der Waals surface area contributed by atoms with Gasteiger partial charge < -0.3 is 4.74 Å². The van der Waals surface area contributed by atoms with Crippen LogP contribution in [0, 0.1) is 0 Å². The number of ether oxygens (including phenoxy) is 1. The van der Waals surface area contributed by atoms with Crippen molar-refractivity contribution in [1.82, 2.24) is 0 Å². The molecular formula is C17H16N2O2. The molecule has 4 heteroatoms. The largest absolute Gasteiger partial charge is 0.459 e. The lowest BCUT2D eigenvalue weighted by Gasteiger charge is -2.25. The highest BCUT2D eigenvalue weighted by molar-refractivity contribution is 5.89. The quantitative estimate of drug-likeness (QED) is 0.596. The minimum atomic E-state index is -0.258. The molecule has 1 fully saturated rings. The highest BCUT2D eigenvalue weighted by Gasteiger charge is 2.22. The lowest BCUT2D eigenvalue weighted by Crippen LogP contribution is -2.24. The van der Waals surface area contributed by atoms with Crippen molar-refractivity contribution in [2.24, 2.45) is 10.2 Å². The molecule has 0 heterocycles. The standard InChI is InChI=1S/C17H16N2O2/c20-17(21-16-7-4-8-16)13-9-11-15(12-10-13)19-18-14-5-2-1-3-6-14/h1-3,5-6,9-12,16H,4,7-8H2. The molecule has 1 saturated carbocycles. The molecule has 106 valence electrons.